The van der Waals surface area contributed by atoms with Crippen molar-refractivity contribution in [3.63, 3.8) is 0 Å². The van der Waals surface area contributed by atoms with Crippen molar-refractivity contribution < 1.29 is 9.90 Å². The average Bonchev–Trinajstić information content (AvgIpc) is 3.29. The lowest BCUT2D eigenvalue weighted by Gasteiger charge is -2.38. The van der Waals surface area contributed by atoms with Gasteiger partial charge in [0.05, 0.1) is 5.41 Å². The minimum atomic E-state index is -0.677. The molecule has 1 saturated carbocycles. The molecule has 1 N–H and O–H groups in total. The van der Waals surface area contributed by atoms with Crippen molar-refractivity contribution in [2.24, 2.45) is 0 Å². The molecule has 0 radical (unpaired) electrons. The SMILES string of the molecule is CC(C)N1CCN(c2cccc(C3(C(=O)O)CC3)c2)CC1. The molecule has 0 bridgehead atoms. The second-order valence-electron chi connectivity index (χ2n) is 6.55. The molecule has 1 heterocycles. The van der Waals surface area contributed by atoms with E-state index in [-0.39, 0.29) is 0 Å². The molecule has 21 heavy (non-hydrogen) atoms. The number of hydrogen-bond acceptors (Lipinski definition) is 3. The Kier molecular flexibility index (Phi) is 3.66. The highest BCUT2D eigenvalue weighted by Crippen LogP contribution is 2.49. The maximum atomic E-state index is 11.5. The number of rotatable bonds is 4. The van der Waals surface area contributed by atoms with Crippen LogP contribution in [0.15, 0.2) is 24.3 Å². The summed E-state index contributed by atoms with van der Waals surface area (Å²) in [7, 11) is 0. The highest BCUT2D eigenvalue weighted by molar-refractivity contribution is 5.85. The highest BCUT2D eigenvalue weighted by atomic mass is 16.4. The Bertz CT molecular complexity index is 529. The minimum Gasteiger partial charge on any atom is -0.481 e. The van der Waals surface area contributed by atoms with Gasteiger partial charge in [-0.25, -0.2) is 0 Å². The maximum absolute atomic E-state index is 11.5. The van der Waals surface area contributed by atoms with E-state index in [4.69, 9.17) is 0 Å². The Balaban J connectivity index is 1.74. The average molecular weight is 288 g/mol. The van der Waals surface area contributed by atoms with Crippen LogP contribution in [0.1, 0.15) is 32.3 Å². The first kappa shape index (κ1) is 14.4. The Morgan fingerprint density at radius 3 is 2.38 bits per heavy atom. The number of aliphatic carboxylic acids is 1. The van der Waals surface area contributed by atoms with E-state index in [1.54, 1.807) is 0 Å². The number of nitrogens with zero attached hydrogens (tertiary/aromatic N) is 2. The lowest BCUT2D eigenvalue weighted by atomic mass is 9.95. The molecule has 1 aromatic carbocycles. The van der Waals surface area contributed by atoms with Gasteiger partial charge < -0.3 is 10.0 Å². The molecule has 0 amide bonds. The monoisotopic (exact) mass is 288 g/mol. The van der Waals surface area contributed by atoms with Crippen LogP contribution in [0.25, 0.3) is 0 Å². The minimum absolute atomic E-state index is 0.597. The lowest BCUT2D eigenvalue weighted by Crippen LogP contribution is -2.48. The molecule has 4 heteroatoms. The van der Waals surface area contributed by atoms with Gasteiger partial charge in [0.1, 0.15) is 0 Å². The first-order valence-electron chi connectivity index (χ1n) is 7.86. The van der Waals surface area contributed by atoms with Crippen molar-refractivity contribution in [3.05, 3.63) is 29.8 Å². The van der Waals surface area contributed by atoms with E-state index in [0.717, 1.165) is 44.6 Å². The predicted octanol–water partition coefficient (Wildman–Crippen LogP) is 2.33. The molecule has 1 saturated heterocycles. The number of anilines is 1. The molecule has 2 aliphatic rings. The predicted molar refractivity (Wildman–Crippen MR) is 83.9 cm³/mol. The van der Waals surface area contributed by atoms with Crippen molar-refractivity contribution in [1.29, 1.82) is 0 Å². The van der Waals surface area contributed by atoms with Crippen LogP contribution in [0.5, 0.6) is 0 Å². The number of carboxylic acids is 1. The van der Waals surface area contributed by atoms with Crippen LogP contribution in [0.3, 0.4) is 0 Å². The van der Waals surface area contributed by atoms with Crippen LogP contribution >= 0.6 is 0 Å². The number of hydrogen-bond donors (Lipinski definition) is 1. The fraction of sp³-hybridized carbons (Fsp3) is 0.588. The molecule has 0 atom stereocenters. The summed E-state index contributed by atoms with van der Waals surface area (Å²) in [5, 5.41) is 9.43. The molecule has 2 fully saturated rings. The maximum Gasteiger partial charge on any atom is 0.314 e. The molecule has 1 aliphatic carbocycles. The lowest BCUT2D eigenvalue weighted by molar-refractivity contribution is -0.140. The van der Waals surface area contributed by atoms with E-state index in [1.165, 1.54) is 5.69 Å². The molecule has 0 unspecified atom stereocenters. The summed E-state index contributed by atoms with van der Waals surface area (Å²) in [6.45, 7) is 8.65. The summed E-state index contributed by atoms with van der Waals surface area (Å²) in [5.74, 6) is -0.677. The van der Waals surface area contributed by atoms with E-state index in [9.17, 15) is 9.90 Å². The van der Waals surface area contributed by atoms with Crippen molar-refractivity contribution >= 4 is 11.7 Å². The second-order valence-corrected chi connectivity index (χ2v) is 6.55. The number of piperazine rings is 1. The van der Waals surface area contributed by atoms with Crippen molar-refractivity contribution in [2.75, 3.05) is 31.1 Å². The van der Waals surface area contributed by atoms with Gasteiger partial charge in [0.25, 0.3) is 0 Å². The van der Waals surface area contributed by atoms with Gasteiger partial charge in [-0.2, -0.15) is 0 Å². The molecule has 3 rings (SSSR count). The highest BCUT2D eigenvalue weighted by Gasteiger charge is 2.51. The smallest absolute Gasteiger partial charge is 0.314 e. The largest absolute Gasteiger partial charge is 0.481 e. The Morgan fingerprint density at radius 1 is 1.19 bits per heavy atom. The summed E-state index contributed by atoms with van der Waals surface area (Å²) >= 11 is 0. The molecule has 1 aliphatic heterocycles. The van der Waals surface area contributed by atoms with Gasteiger partial charge in [-0.15, -0.1) is 0 Å². The van der Waals surface area contributed by atoms with E-state index >= 15 is 0 Å². The van der Waals surface area contributed by atoms with Crippen LogP contribution in [0.4, 0.5) is 5.69 Å². The van der Waals surface area contributed by atoms with Crippen molar-refractivity contribution in [2.45, 2.75) is 38.1 Å². The zero-order chi connectivity index (χ0) is 15.0. The van der Waals surface area contributed by atoms with Crippen LogP contribution in [-0.2, 0) is 10.2 Å². The third kappa shape index (κ3) is 2.64. The summed E-state index contributed by atoms with van der Waals surface area (Å²) in [4.78, 5) is 16.3. The van der Waals surface area contributed by atoms with Crippen molar-refractivity contribution in [1.82, 2.24) is 4.90 Å². The summed E-state index contributed by atoms with van der Waals surface area (Å²) < 4.78 is 0. The summed E-state index contributed by atoms with van der Waals surface area (Å²) in [6.07, 6.45) is 1.54. The molecule has 4 nitrogen and oxygen atoms in total. The molecule has 0 spiro atoms. The summed E-state index contributed by atoms with van der Waals surface area (Å²) in [6, 6.07) is 8.76. The van der Waals surface area contributed by atoms with Crippen LogP contribution in [-0.4, -0.2) is 48.2 Å². The van der Waals surface area contributed by atoms with Crippen LogP contribution in [0, 0.1) is 0 Å². The van der Waals surface area contributed by atoms with Gasteiger partial charge in [-0.3, -0.25) is 9.69 Å². The fourth-order valence-electron chi connectivity index (χ4n) is 3.25. The first-order valence-corrected chi connectivity index (χ1v) is 7.86. The molecular weight excluding hydrogens is 264 g/mol. The molecule has 1 aromatic rings. The normalized spacial score (nSPS) is 21.6. The molecule has 114 valence electrons. The summed E-state index contributed by atoms with van der Waals surface area (Å²) in [5.41, 5.74) is 1.54. The zero-order valence-corrected chi connectivity index (χ0v) is 12.9. The van der Waals surface area contributed by atoms with Gasteiger partial charge in [-0.05, 0) is 44.4 Å². The van der Waals surface area contributed by atoms with Gasteiger partial charge in [0, 0.05) is 37.9 Å². The third-order valence-electron chi connectivity index (χ3n) is 4.97. The van der Waals surface area contributed by atoms with Gasteiger partial charge in [-0.1, -0.05) is 12.1 Å². The topological polar surface area (TPSA) is 43.8 Å². The molecule has 0 aromatic heterocycles. The molecular formula is C17H24N2O2. The van der Waals surface area contributed by atoms with E-state index in [2.05, 4.69) is 35.8 Å². The zero-order valence-electron chi connectivity index (χ0n) is 12.9. The first-order chi connectivity index (χ1) is 10.0. The van der Waals surface area contributed by atoms with Crippen LogP contribution in [0.2, 0.25) is 0 Å². The Morgan fingerprint density at radius 2 is 1.86 bits per heavy atom. The second kappa shape index (κ2) is 5.34. The Labute approximate surface area is 126 Å². The number of benzene rings is 1. The van der Waals surface area contributed by atoms with E-state index in [0.29, 0.717) is 6.04 Å². The fourth-order valence-corrected chi connectivity index (χ4v) is 3.25. The van der Waals surface area contributed by atoms with Gasteiger partial charge >= 0.3 is 5.97 Å². The third-order valence-corrected chi connectivity index (χ3v) is 4.97. The van der Waals surface area contributed by atoms with E-state index in [1.807, 2.05) is 12.1 Å². The van der Waals surface area contributed by atoms with Gasteiger partial charge in [0.15, 0.2) is 0 Å². The quantitative estimate of drug-likeness (QED) is 0.923. The van der Waals surface area contributed by atoms with Gasteiger partial charge in [0.2, 0.25) is 0 Å². The Hall–Kier alpha value is -1.55. The van der Waals surface area contributed by atoms with Crippen molar-refractivity contribution in [3.8, 4) is 0 Å². The number of carboxylic acid groups (broad SMARTS) is 1. The number of carbonyl (C=O) groups is 1. The van der Waals surface area contributed by atoms with E-state index < -0.39 is 11.4 Å². The standard InChI is InChI=1S/C17H24N2O2/c1-13(2)18-8-10-19(11-9-18)15-5-3-4-14(12-15)17(6-7-17)16(20)21/h3-5,12-13H,6-11H2,1-2H3,(H,20,21). The van der Waals surface area contributed by atoms with Crippen LogP contribution < -0.4 is 4.90 Å².